The third-order valence-corrected chi connectivity index (χ3v) is 3.05. The van der Waals surface area contributed by atoms with E-state index in [1.54, 1.807) is 0 Å². The van der Waals surface area contributed by atoms with E-state index >= 15 is 0 Å². The van der Waals surface area contributed by atoms with Crippen LogP contribution < -0.4 is 11.1 Å². The number of nitrogens with one attached hydrogen (secondary N) is 1. The van der Waals surface area contributed by atoms with E-state index in [9.17, 15) is 0 Å². The molecule has 3 heterocycles. The number of rotatable bonds is 1. The lowest BCUT2D eigenvalue weighted by molar-refractivity contribution is 0.451. The minimum Gasteiger partial charge on any atom is -0.380 e. The van der Waals surface area contributed by atoms with E-state index in [-0.39, 0.29) is 0 Å². The zero-order chi connectivity index (χ0) is 11.3. The minimum atomic E-state index is 0.379. The maximum atomic E-state index is 5.80. The second-order valence-corrected chi connectivity index (χ2v) is 4.46. The lowest BCUT2D eigenvalue weighted by Crippen LogP contribution is -2.03. The summed E-state index contributed by atoms with van der Waals surface area (Å²) >= 11 is 0. The normalized spacial score (nSPS) is 14.9. The van der Waals surface area contributed by atoms with Gasteiger partial charge in [-0.3, -0.25) is 0 Å². The van der Waals surface area contributed by atoms with Gasteiger partial charge in [-0.1, -0.05) is 19.0 Å². The van der Waals surface area contributed by atoms with Crippen LogP contribution in [0.25, 0.3) is 11.1 Å². The molecule has 5 heteroatoms. The molecule has 0 aliphatic carbocycles. The Kier molecular flexibility index (Phi) is 1.91. The quantitative estimate of drug-likeness (QED) is 0.759. The minimum absolute atomic E-state index is 0.379. The molecule has 5 nitrogen and oxygen atoms in total. The molecule has 3 rings (SSSR count). The van der Waals surface area contributed by atoms with Crippen molar-refractivity contribution in [3.05, 3.63) is 16.8 Å². The van der Waals surface area contributed by atoms with E-state index in [1.807, 2.05) is 0 Å². The summed E-state index contributed by atoms with van der Waals surface area (Å²) in [6.45, 7) is 5.94. The third kappa shape index (κ3) is 1.15. The average molecular weight is 218 g/mol. The average Bonchev–Trinajstić information content (AvgIpc) is 2.82. The molecular weight excluding hydrogens is 204 g/mol. The highest BCUT2D eigenvalue weighted by Gasteiger charge is 2.24. The highest BCUT2D eigenvalue weighted by molar-refractivity contribution is 5.89. The first-order chi connectivity index (χ1) is 7.68. The molecule has 0 spiro atoms. The van der Waals surface area contributed by atoms with Crippen molar-refractivity contribution in [2.24, 2.45) is 0 Å². The first kappa shape index (κ1) is 9.59. The molecule has 0 saturated heterocycles. The molecule has 0 saturated carbocycles. The van der Waals surface area contributed by atoms with Gasteiger partial charge in [-0.05, 0) is 17.0 Å². The highest BCUT2D eigenvalue weighted by Crippen LogP contribution is 2.33. The van der Waals surface area contributed by atoms with E-state index in [0.717, 1.165) is 24.2 Å². The van der Waals surface area contributed by atoms with E-state index in [1.165, 1.54) is 11.1 Å². The van der Waals surface area contributed by atoms with Crippen molar-refractivity contribution in [3.63, 3.8) is 0 Å². The van der Waals surface area contributed by atoms with Crippen molar-refractivity contribution >= 4 is 16.9 Å². The summed E-state index contributed by atoms with van der Waals surface area (Å²) in [5.41, 5.74) is 9.91. The summed E-state index contributed by atoms with van der Waals surface area (Å²) in [4.78, 5) is 4.52. The number of anilines is 1. The summed E-state index contributed by atoms with van der Waals surface area (Å²) in [7, 11) is 0. The fourth-order valence-corrected chi connectivity index (χ4v) is 2.32. The Labute approximate surface area is 93.0 Å². The highest BCUT2D eigenvalue weighted by atomic mass is 16.5. The maximum Gasteiger partial charge on any atom is 0.260 e. The van der Waals surface area contributed by atoms with Crippen LogP contribution in [-0.4, -0.2) is 10.1 Å². The van der Waals surface area contributed by atoms with Crippen molar-refractivity contribution in [3.8, 4) is 0 Å². The Morgan fingerprint density at radius 2 is 2.06 bits per heavy atom. The van der Waals surface area contributed by atoms with Gasteiger partial charge in [0.1, 0.15) is 0 Å². The Morgan fingerprint density at radius 1 is 1.31 bits per heavy atom. The van der Waals surface area contributed by atoms with E-state index in [2.05, 4.69) is 29.3 Å². The van der Waals surface area contributed by atoms with Crippen LogP contribution in [0.5, 0.6) is 0 Å². The lowest BCUT2D eigenvalue weighted by atomic mass is 9.99. The monoisotopic (exact) mass is 218 g/mol. The second-order valence-electron chi connectivity index (χ2n) is 4.46. The fourth-order valence-electron chi connectivity index (χ4n) is 2.32. The van der Waals surface area contributed by atoms with Gasteiger partial charge in [0.05, 0.1) is 11.1 Å². The third-order valence-electron chi connectivity index (χ3n) is 3.05. The first-order valence-electron chi connectivity index (χ1n) is 5.45. The number of hydrogen-bond acceptors (Lipinski definition) is 5. The number of nitrogens with zero attached hydrogens (tertiary/aromatic N) is 2. The van der Waals surface area contributed by atoms with Crippen LogP contribution in [0.3, 0.4) is 0 Å². The van der Waals surface area contributed by atoms with Gasteiger partial charge in [-0.15, -0.1) is 0 Å². The number of aromatic nitrogens is 2. The van der Waals surface area contributed by atoms with Crippen molar-refractivity contribution in [2.45, 2.75) is 32.9 Å². The number of pyridine rings is 1. The molecule has 0 atom stereocenters. The number of nitrogens with two attached hydrogens (primary N) is 1. The van der Waals surface area contributed by atoms with Gasteiger partial charge in [0.15, 0.2) is 5.82 Å². The van der Waals surface area contributed by atoms with Crippen LogP contribution in [0, 0.1) is 0 Å². The fraction of sp³-hybridized carbons (Fsp3) is 0.455. The van der Waals surface area contributed by atoms with Crippen LogP contribution in [0.2, 0.25) is 0 Å². The topological polar surface area (TPSA) is 77.0 Å². The SMILES string of the molecule is CC(C)c1nc2onc(N)c2c2c1CNC2. The summed E-state index contributed by atoms with van der Waals surface area (Å²) in [6.07, 6.45) is 0. The molecule has 0 amide bonds. The van der Waals surface area contributed by atoms with Gasteiger partial charge < -0.3 is 15.6 Å². The van der Waals surface area contributed by atoms with Gasteiger partial charge in [-0.2, -0.15) is 0 Å². The Hall–Kier alpha value is -1.62. The molecule has 2 aromatic rings. The van der Waals surface area contributed by atoms with Crippen molar-refractivity contribution < 1.29 is 4.52 Å². The molecule has 0 radical (unpaired) electrons. The standard InChI is InChI=1S/C11H14N4O/c1-5(2)9-7-4-13-3-6(7)8-10(12)15-16-11(8)14-9/h5,13H,3-4H2,1-2H3,(H2,12,15). The zero-order valence-electron chi connectivity index (χ0n) is 9.37. The van der Waals surface area contributed by atoms with Gasteiger partial charge in [0, 0.05) is 13.1 Å². The largest absolute Gasteiger partial charge is 0.380 e. The lowest BCUT2D eigenvalue weighted by Gasteiger charge is -2.09. The molecule has 2 aromatic heterocycles. The van der Waals surface area contributed by atoms with Crippen LogP contribution in [0.4, 0.5) is 5.82 Å². The zero-order valence-corrected chi connectivity index (χ0v) is 9.37. The Bertz CT molecular complexity index is 559. The van der Waals surface area contributed by atoms with Crippen LogP contribution in [0.15, 0.2) is 4.52 Å². The molecule has 0 bridgehead atoms. The summed E-state index contributed by atoms with van der Waals surface area (Å²) < 4.78 is 5.15. The van der Waals surface area contributed by atoms with Gasteiger partial charge >= 0.3 is 0 Å². The molecular formula is C11H14N4O. The Balaban J connectivity index is 2.40. The number of fused-ring (bicyclic) bond motifs is 3. The molecule has 0 fully saturated rings. The first-order valence-corrected chi connectivity index (χ1v) is 5.45. The Morgan fingerprint density at radius 3 is 2.81 bits per heavy atom. The summed E-state index contributed by atoms with van der Waals surface area (Å²) in [6, 6.07) is 0. The second kappa shape index (κ2) is 3.18. The number of nitrogen functional groups attached to an aromatic ring is 1. The number of hydrogen-bond donors (Lipinski definition) is 2. The van der Waals surface area contributed by atoms with Crippen molar-refractivity contribution in [2.75, 3.05) is 5.73 Å². The van der Waals surface area contributed by atoms with Gasteiger partial charge in [0.2, 0.25) is 0 Å². The summed E-state index contributed by atoms with van der Waals surface area (Å²) in [5, 5.41) is 7.99. The van der Waals surface area contributed by atoms with Crippen LogP contribution in [0.1, 0.15) is 36.6 Å². The maximum absolute atomic E-state index is 5.80. The van der Waals surface area contributed by atoms with E-state index < -0.39 is 0 Å². The molecule has 3 N–H and O–H groups in total. The van der Waals surface area contributed by atoms with Crippen molar-refractivity contribution in [1.82, 2.24) is 15.5 Å². The molecule has 0 aromatic carbocycles. The van der Waals surface area contributed by atoms with Gasteiger partial charge in [0.25, 0.3) is 5.71 Å². The summed E-state index contributed by atoms with van der Waals surface area (Å²) in [5.74, 6) is 0.821. The van der Waals surface area contributed by atoms with Crippen molar-refractivity contribution in [1.29, 1.82) is 0 Å². The van der Waals surface area contributed by atoms with Crippen LogP contribution >= 0.6 is 0 Å². The predicted octanol–water partition coefficient (Wildman–Crippen LogP) is 1.53. The smallest absolute Gasteiger partial charge is 0.260 e. The molecule has 84 valence electrons. The molecule has 1 aliphatic heterocycles. The van der Waals surface area contributed by atoms with E-state index in [0.29, 0.717) is 17.4 Å². The molecule has 0 unspecified atom stereocenters. The van der Waals surface area contributed by atoms with Gasteiger partial charge in [-0.25, -0.2) is 4.98 Å². The molecule has 1 aliphatic rings. The van der Waals surface area contributed by atoms with E-state index in [4.69, 9.17) is 10.3 Å². The molecule has 16 heavy (non-hydrogen) atoms. The van der Waals surface area contributed by atoms with Crippen LogP contribution in [-0.2, 0) is 13.1 Å². The predicted molar refractivity (Wildman–Crippen MR) is 60.8 cm³/mol.